The number of fused-ring (bicyclic) bond motifs is 1. The Kier molecular flexibility index (Phi) is 8.15. The van der Waals surface area contributed by atoms with Gasteiger partial charge in [0.2, 0.25) is 0 Å². The van der Waals surface area contributed by atoms with Gasteiger partial charge in [0.15, 0.2) is 11.5 Å². The number of nitrogens with zero attached hydrogens (tertiary/aromatic N) is 1. The maximum Gasteiger partial charge on any atom is 0.169 e. The molecular formula is C24H26ClN3O3. The van der Waals surface area contributed by atoms with Crippen LogP contribution in [0, 0.1) is 0 Å². The summed E-state index contributed by atoms with van der Waals surface area (Å²) in [5.41, 5.74) is 1.94. The fourth-order valence-electron chi connectivity index (χ4n) is 3.24. The maximum atomic E-state index is 6.00. The third-order valence-corrected chi connectivity index (χ3v) is 4.74. The van der Waals surface area contributed by atoms with Crippen LogP contribution in [0.4, 0.5) is 5.69 Å². The number of anilines is 1. The van der Waals surface area contributed by atoms with Gasteiger partial charge in [-0.05, 0) is 55.4 Å². The molecule has 2 heterocycles. The van der Waals surface area contributed by atoms with Crippen LogP contribution >= 0.6 is 12.4 Å². The van der Waals surface area contributed by atoms with E-state index in [4.69, 9.17) is 13.9 Å². The van der Waals surface area contributed by atoms with E-state index in [0.717, 1.165) is 54.2 Å². The molecule has 0 aliphatic rings. The van der Waals surface area contributed by atoms with Crippen LogP contribution in [0.1, 0.15) is 12.2 Å². The highest BCUT2D eigenvalue weighted by atomic mass is 35.5. The second-order valence-corrected chi connectivity index (χ2v) is 6.83. The van der Waals surface area contributed by atoms with Crippen LogP contribution in [0.25, 0.3) is 10.9 Å². The second kappa shape index (κ2) is 11.2. The Morgan fingerprint density at radius 3 is 2.65 bits per heavy atom. The lowest BCUT2D eigenvalue weighted by Gasteiger charge is -2.12. The summed E-state index contributed by atoms with van der Waals surface area (Å²) in [6.45, 7) is 2.53. The first-order chi connectivity index (χ1) is 14.8. The minimum Gasteiger partial charge on any atom is -0.493 e. The maximum absolute atomic E-state index is 6.00. The zero-order valence-electron chi connectivity index (χ0n) is 17.3. The van der Waals surface area contributed by atoms with Gasteiger partial charge in [0.1, 0.15) is 11.5 Å². The van der Waals surface area contributed by atoms with Crippen molar-refractivity contribution in [3.8, 4) is 17.2 Å². The van der Waals surface area contributed by atoms with Crippen molar-refractivity contribution >= 4 is 29.0 Å². The second-order valence-electron chi connectivity index (χ2n) is 6.83. The number of furan rings is 1. The average Bonchev–Trinajstić information content (AvgIpc) is 3.30. The van der Waals surface area contributed by atoms with Crippen molar-refractivity contribution in [2.75, 3.05) is 25.5 Å². The minimum atomic E-state index is 0. The fraction of sp³-hybridized carbons (Fsp3) is 0.208. The number of rotatable bonds is 10. The van der Waals surface area contributed by atoms with E-state index in [1.54, 1.807) is 13.4 Å². The first-order valence-corrected chi connectivity index (χ1v) is 10.00. The van der Waals surface area contributed by atoms with Crippen molar-refractivity contribution in [3.05, 3.63) is 78.9 Å². The first kappa shape index (κ1) is 22.5. The smallest absolute Gasteiger partial charge is 0.169 e. The molecule has 0 aliphatic heterocycles. The summed E-state index contributed by atoms with van der Waals surface area (Å²) >= 11 is 0. The van der Waals surface area contributed by atoms with Crippen LogP contribution in [-0.4, -0.2) is 25.2 Å². The van der Waals surface area contributed by atoms with E-state index in [1.807, 2.05) is 66.9 Å². The number of nitrogens with one attached hydrogen (secondary N) is 2. The van der Waals surface area contributed by atoms with E-state index >= 15 is 0 Å². The summed E-state index contributed by atoms with van der Waals surface area (Å²) in [7, 11) is 1.63. The Bertz CT molecular complexity index is 1090. The van der Waals surface area contributed by atoms with Crippen molar-refractivity contribution in [3.63, 3.8) is 0 Å². The average molecular weight is 440 g/mol. The van der Waals surface area contributed by atoms with E-state index in [2.05, 4.69) is 15.6 Å². The number of para-hydroxylation sites is 2. The number of pyridine rings is 1. The molecule has 0 radical (unpaired) electrons. The summed E-state index contributed by atoms with van der Waals surface area (Å²) < 4.78 is 16.7. The summed E-state index contributed by atoms with van der Waals surface area (Å²) in [5.74, 6) is 3.05. The lowest BCUT2D eigenvalue weighted by Crippen LogP contribution is -2.17. The van der Waals surface area contributed by atoms with Crippen LogP contribution in [0.2, 0.25) is 0 Å². The van der Waals surface area contributed by atoms with Gasteiger partial charge < -0.3 is 24.5 Å². The van der Waals surface area contributed by atoms with Gasteiger partial charge in [0.05, 0.1) is 25.4 Å². The molecular weight excluding hydrogens is 414 g/mol. The van der Waals surface area contributed by atoms with Gasteiger partial charge >= 0.3 is 0 Å². The van der Waals surface area contributed by atoms with Gasteiger partial charge in [0, 0.05) is 29.9 Å². The van der Waals surface area contributed by atoms with E-state index < -0.39 is 0 Å². The number of halogens is 1. The van der Waals surface area contributed by atoms with Gasteiger partial charge in [-0.25, -0.2) is 0 Å². The number of methoxy groups -OCH3 is 1. The van der Waals surface area contributed by atoms with Crippen LogP contribution in [0.5, 0.6) is 17.2 Å². The highest BCUT2D eigenvalue weighted by molar-refractivity contribution is 5.91. The molecule has 7 heteroatoms. The molecule has 0 aliphatic carbocycles. The highest BCUT2D eigenvalue weighted by Gasteiger charge is 2.07. The Morgan fingerprint density at radius 1 is 0.968 bits per heavy atom. The lowest BCUT2D eigenvalue weighted by molar-refractivity contribution is 0.379. The Labute approximate surface area is 188 Å². The molecule has 6 nitrogen and oxygen atoms in total. The van der Waals surface area contributed by atoms with Crippen molar-refractivity contribution in [2.45, 2.75) is 13.0 Å². The lowest BCUT2D eigenvalue weighted by atomic mass is 10.1. The van der Waals surface area contributed by atoms with Crippen LogP contribution < -0.4 is 20.1 Å². The molecule has 0 amide bonds. The topological polar surface area (TPSA) is 68.6 Å². The summed E-state index contributed by atoms with van der Waals surface area (Å²) in [6.07, 6.45) is 4.51. The predicted molar refractivity (Wildman–Crippen MR) is 126 cm³/mol. The first-order valence-electron chi connectivity index (χ1n) is 10.00. The van der Waals surface area contributed by atoms with Gasteiger partial charge in [-0.3, -0.25) is 4.98 Å². The SMILES string of the molecule is COc1ccccc1Oc1ccc2c(NCCCNCc3ccco3)ccnc2c1.Cl. The van der Waals surface area contributed by atoms with E-state index in [9.17, 15) is 0 Å². The zero-order valence-corrected chi connectivity index (χ0v) is 18.2. The molecule has 2 aromatic heterocycles. The van der Waals surface area contributed by atoms with Crippen LogP contribution in [0.15, 0.2) is 77.5 Å². The molecule has 31 heavy (non-hydrogen) atoms. The zero-order chi connectivity index (χ0) is 20.6. The molecule has 162 valence electrons. The van der Waals surface area contributed by atoms with Gasteiger partial charge in [0.25, 0.3) is 0 Å². The van der Waals surface area contributed by atoms with Crippen molar-refractivity contribution in [1.82, 2.24) is 10.3 Å². The molecule has 0 spiro atoms. The molecule has 4 rings (SSSR count). The third-order valence-electron chi connectivity index (χ3n) is 4.74. The predicted octanol–water partition coefficient (Wildman–Crippen LogP) is 5.64. The molecule has 0 saturated carbocycles. The number of hydrogen-bond donors (Lipinski definition) is 2. The molecule has 4 aromatic rings. The molecule has 0 bridgehead atoms. The quantitative estimate of drug-likeness (QED) is 0.311. The number of ether oxygens (including phenoxy) is 2. The largest absolute Gasteiger partial charge is 0.493 e. The van der Waals surface area contributed by atoms with E-state index in [1.165, 1.54) is 0 Å². The molecule has 2 aromatic carbocycles. The Balaban J connectivity index is 0.00000272. The number of aromatic nitrogens is 1. The summed E-state index contributed by atoms with van der Waals surface area (Å²) in [6, 6.07) is 19.4. The van der Waals surface area contributed by atoms with Crippen LogP contribution in [-0.2, 0) is 6.54 Å². The van der Waals surface area contributed by atoms with E-state index in [-0.39, 0.29) is 12.4 Å². The molecule has 0 saturated heterocycles. The normalized spacial score (nSPS) is 10.5. The molecule has 2 N–H and O–H groups in total. The van der Waals surface area contributed by atoms with Gasteiger partial charge in [-0.1, -0.05) is 12.1 Å². The molecule has 0 fully saturated rings. The Morgan fingerprint density at radius 2 is 1.84 bits per heavy atom. The van der Waals surface area contributed by atoms with Crippen molar-refractivity contribution < 1.29 is 13.9 Å². The summed E-state index contributed by atoms with van der Waals surface area (Å²) in [5, 5.41) is 7.95. The molecule has 0 atom stereocenters. The van der Waals surface area contributed by atoms with Crippen LogP contribution in [0.3, 0.4) is 0 Å². The molecule has 0 unspecified atom stereocenters. The van der Waals surface area contributed by atoms with Gasteiger partial charge in [-0.2, -0.15) is 0 Å². The van der Waals surface area contributed by atoms with Crippen molar-refractivity contribution in [1.29, 1.82) is 0 Å². The minimum absolute atomic E-state index is 0. The fourth-order valence-corrected chi connectivity index (χ4v) is 3.24. The third kappa shape index (κ3) is 5.90. The monoisotopic (exact) mass is 439 g/mol. The number of benzene rings is 2. The van der Waals surface area contributed by atoms with E-state index in [0.29, 0.717) is 11.5 Å². The standard InChI is InChI=1S/C24H25N3O3.ClH/c1-28-23-7-2-3-8-24(23)30-18-9-10-20-21(11-14-27-22(20)16-18)26-13-5-12-25-17-19-6-4-15-29-19;/h2-4,6-11,14-16,25H,5,12-13,17H2,1H3,(H,26,27);1H. The Hall–Kier alpha value is -3.22. The van der Waals surface area contributed by atoms with Gasteiger partial charge in [-0.15, -0.1) is 12.4 Å². The highest BCUT2D eigenvalue weighted by Crippen LogP contribution is 2.33. The summed E-state index contributed by atoms with van der Waals surface area (Å²) in [4.78, 5) is 4.50. The van der Waals surface area contributed by atoms with Crippen molar-refractivity contribution in [2.24, 2.45) is 0 Å². The number of hydrogen-bond acceptors (Lipinski definition) is 6.